The first-order valence-corrected chi connectivity index (χ1v) is 8.05. The average Bonchev–Trinajstić information content (AvgIpc) is 2.99. The molecule has 118 valence electrons. The van der Waals surface area contributed by atoms with Crippen LogP contribution in [0.4, 0.5) is 5.82 Å². The molecule has 0 bridgehead atoms. The van der Waals surface area contributed by atoms with Crippen LogP contribution in [0, 0.1) is 0 Å². The predicted octanol–water partition coefficient (Wildman–Crippen LogP) is 2.02. The molecule has 0 spiro atoms. The molecule has 7 nitrogen and oxygen atoms in total. The van der Waals surface area contributed by atoms with Crippen LogP contribution < -0.4 is 4.90 Å². The van der Waals surface area contributed by atoms with Gasteiger partial charge in [-0.1, -0.05) is 0 Å². The molecule has 4 rings (SSSR count). The van der Waals surface area contributed by atoms with Gasteiger partial charge in [-0.25, -0.2) is 4.98 Å². The summed E-state index contributed by atoms with van der Waals surface area (Å²) < 4.78 is 13.4. The van der Waals surface area contributed by atoms with Gasteiger partial charge in [0.2, 0.25) is 5.28 Å². The number of hydrogen-bond acceptors (Lipinski definition) is 6. The third kappa shape index (κ3) is 2.53. The van der Waals surface area contributed by atoms with Crippen molar-refractivity contribution in [3.05, 3.63) is 11.6 Å². The molecule has 0 radical (unpaired) electrons. The van der Waals surface area contributed by atoms with Crippen molar-refractivity contribution in [2.45, 2.75) is 25.5 Å². The molecular weight excluding hydrogens is 306 g/mol. The highest BCUT2D eigenvalue weighted by Crippen LogP contribution is 2.31. The summed E-state index contributed by atoms with van der Waals surface area (Å²) in [5.74, 6) is 0.824. The first-order chi connectivity index (χ1) is 10.8. The summed E-state index contributed by atoms with van der Waals surface area (Å²) in [6.07, 6.45) is 5.04. The Morgan fingerprint density at radius 3 is 2.77 bits per heavy atom. The minimum atomic E-state index is 0.00307. The van der Waals surface area contributed by atoms with Crippen molar-refractivity contribution < 1.29 is 9.47 Å². The van der Waals surface area contributed by atoms with Gasteiger partial charge in [-0.2, -0.15) is 9.97 Å². The molecule has 0 aliphatic carbocycles. The minimum absolute atomic E-state index is 0.00307. The molecule has 0 aromatic carbocycles. The summed E-state index contributed by atoms with van der Waals surface area (Å²) in [4.78, 5) is 15.3. The number of hydrogen-bond donors (Lipinski definition) is 0. The molecule has 2 saturated heterocycles. The Morgan fingerprint density at radius 2 is 2.00 bits per heavy atom. The summed E-state index contributed by atoms with van der Waals surface area (Å²) >= 11 is 6.08. The highest BCUT2D eigenvalue weighted by Gasteiger charge is 2.24. The Kier molecular flexibility index (Phi) is 3.85. The van der Waals surface area contributed by atoms with Crippen LogP contribution in [0.2, 0.25) is 5.28 Å². The molecule has 0 amide bonds. The van der Waals surface area contributed by atoms with E-state index in [9.17, 15) is 0 Å². The van der Waals surface area contributed by atoms with E-state index in [-0.39, 0.29) is 11.5 Å². The molecular formula is C14H18ClN5O2. The van der Waals surface area contributed by atoms with Crippen molar-refractivity contribution in [3.8, 4) is 0 Å². The van der Waals surface area contributed by atoms with Gasteiger partial charge >= 0.3 is 0 Å². The molecule has 2 aromatic heterocycles. The van der Waals surface area contributed by atoms with Gasteiger partial charge in [-0.05, 0) is 30.9 Å². The van der Waals surface area contributed by atoms with Crippen LogP contribution in [0.15, 0.2) is 6.33 Å². The predicted molar refractivity (Wildman–Crippen MR) is 82.2 cm³/mol. The number of morpholine rings is 1. The quantitative estimate of drug-likeness (QED) is 0.788. The Balaban J connectivity index is 1.80. The lowest BCUT2D eigenvalue weighted by Gasteiger charge is -2.30. The summed E-state index contributed by atoms with van der Waals surface area (Å²) in [6.45, 7) is 3.75. The first-order valence-electron chi connectivity index (χ1n) is 7.67. The fraction of sp³-hybridized carbons (Fsp3) is 0.643. The van der Waals surface area contributed by atoms with Gasteiger partial charge in [-0.15, -0.1) is 0 Å². The zero-order valence-corrected chi connectivity index (χ0v) is 13.0. The molecule has 8 heteroatoms. The molecule has 2 aliphatic heterocycles. The summed E-state index contributed by atoms with van der Waals surface area (Å²) in [6, 6.07) is 0. The fourth-order valence-corrected chi connectivity index (χ4v) is 3.22. The summed E-state index contributed by atoms with van der Waals surface area (Å²) in [7, 11) is 0. The molecule has 1 atom stereocenters. The molecule has 2 aliphatic rings. The molecule has 0 saturated carbocycles. The highest BCUT2D eigenvalue weighted by atomic mass is 35.5. The topological polar surface area (TPSA) is 65.3 Å². The number of aromatic nitrogens is 4. The van der Waals surface area contributed by atoms with Crippen molar-refractivity contribution in [2.24, 2.45) is 0 Å². The van der Waals surface area contributed by atoms with E-state index in [1.807, 2.05) is 0 Å². The van der Waals surface area contributed by atoms with Crippen molar-refractivity contribution in [1.29, 1.82) is 0 Å². The van der Waals surface area contributed by atoms with E-state index in [2.05, 4.69) is 24.4 Å². The maximum Gasteiger partial charge on any atom is 0.226 e. The number of nitrogens with zero attached hydrogens (tertiary/aromatic N) is 5. The number of halogens is 1. The van der Waals surface area contributed by atoms with E-state index in [1.165, 1.54) is 0 Å². The normalized spacial score (nSPS) is 23.1. The SMILES string of the molecule is Clc1nc(N2CCOCC2)c2c(ncn2C2CCCCO2)n1. The Labute approximate surface area is 133 Å². The van der Waals surface area contributed by atoms with Crippen LogP contribution in [-0.4, -0.2) is 52.4 Å². The average molecular weight is 324 g/mol. The maximum absolute atomic E-state index is 6.08. The van der Waals surface area contributed by atoms with Gasteiger partial charge in [0.25, 0.3) is 0 Å². The van der Waals surface area contributed by atoms with E-state index in [4.69, 9.17) is 21.1 Å². The Hall–Kier alpha value is -1.44. The molecule has 4 heterocycles. The standard InChI is InChI=1S/C14H18ClN5O2/c15-14-17-12-11(13(18-14)19-4-7-21-8-5-19)20(9-16-12)10-3-1-2-6-22-10/h9-10H,1-8H2. The van der Waals surface area contributed by atoms with Gasteiger partial charge in [0, 0.05) is 19.7 Å². The smallest absolute Gasteiger partial charge is 0.226 e. The third-order valence-electron chi connectivity index (χ3n) is 4.16. The van der Waals surface area contributed by atoms with Gasteiger partial charge < -0.3 is 14.4 Å². The van der Waals surface area contributed by atoms with Gasteiger partial charge in [-0.3, -0.25) is 4.57 Å². The first kappa shape index (κ1) is 14.2. The van der Waals surface area contributed by atoms with Crippen molar-refractivity contribution >= 4 is 28.6 Å². The number of rotatable bonds is 2. The van der Waals surface area contributed by atoms with Crippen LogP contribution in [0.3, 0.4) is 0 Å². The largest absolute Gasteiger partial charge is 0.378 e. The molecule has 2 aromatic rings. The van der Waals surface area contributed by atoms with E-state index in [0.717, 1.165) is 50.3 Å². The second-order valence-electron chi connectivity index (χ2n) is 5.56. The zero-order valence-electron chi connectivity index (χ0n) is 12.2. The van der Waals surface area contributed by atoms with E-state index >= 15 is 0 Å². The number of anilines is 1. The van der Waals surface area contributed by atoms with E-state index in [0.29, 0.717) is 18.9 Å². The lowest BCUT2D eigenvalue weighted by atomic mass is 10.2. The Bertz CT molecular complexity index is 665. The van der Waals surface area contributed by atoms with Crippen molar-refractivity contribution in [3.63, 3.8) is 0 Å². The van der Waals surface area contributed by atoms with E-state index < -0.39 is 0 Å². The van der Waals surface area contributed by atoms with Gasteiger partial charge in [0.1, 0.15) is 11.7 Å². The van der Waals surface area contributed by atoms with Crippen LogP contribution >= 0.6 is 11.6 Å². The monoisotopic (exact) mass is 323 g/mol. The highest BCUT2D eigenvalue weighted by molar-refractivity contribution is 6.28. The van der Waals surface area contributed by atoms with E-state index in [1.54, 1.807) is 6.33 Å². The molecule has 2 fully saturated rings. The third-order valence-corrected chi connectivity index (χ3v) is 4.33. The zero-order chi connectivity index (χ0) is 14.9. The molecule has 0 N–H and O–H groups in total. The van der Waals surface area contributed by atoms with Crippen molar-refractivity contribution in [1.82, 2.24) is 19.5 Å². The fourth-order valence-electron chi connectivity index (χ4n) is 3.06. The second-order valence-corrected chi connectivity index (χ2v) is 5.90. The van der Waals surface area contributed by atoms with Crippen LogP contribution in [-0.2, 0) is 9.47 Å². The molecule has 22 heavy (non-hydrogen) atoms. The Morgan fingerprint density at radius 1 is 1.14 bits per heavy atom. The number of imidazole rings is 1. The summed E-state index contributed by atoms with van der Waals surface area (Å²) in [5, 5.41) is 0.226. The van der Waals surface area contributed by atoms with Gasteiger partial charge in [0.05, 0.1) is 19.5 Å². The van der Waals surface area contributed by atoms with Crippen LogP contribution in [0.1, 0.15) is 25.5 Å². The van der Waals surface area contributed by atoms with Crippen molar-refractivity contribution in [2.75, 3.05) is 37.8 Å². The second kappa shape index (κ2) is 5.98. The molecule has 1 unspecified atom stereocenters. The van der Waals surface area contributed by atoms with Crippen LogP contribution in [0.5, 0.6) is 0 Å². The number of ether oxygens (including phenoxy) is 2. The lowest BCUT2D eigenvalue weighted by Crippen LogP contribution is -2.37. The van der Waals surface area contributed by atoms with Gasteiger partial charge in [0.15, 0.2) is 11.5 Å². The minimum Gasteiger partial charge on any atom is -0.378 e. The lowest BCUT2D eigenvalue weighted by molar-refractivity contribution is -0.0295. The van der Waals surface area contributed by atoms with Crippen LogP contribution in [0.25, 0.3) is 11.2 Å². The number of fused-ring (bicyclic) bond motifs is 1. The maximum atomic E-state index is 6.08. The summed E-state index contributed by atoms with van der Waals surface area (Å²) in [5.41, 5.74) is 1.52.